The highest BCUT2D eigenvalue weighted by Gasteiger charge is 2.30. The van der Waals surface area contributed by atoms with Gasteiger partial charge in [0.1, 0.15) is 6.33 Å². The first-order valence-electron chi connectivity index (χ1n) is 5.21. The molecule has 0 aliphatic rings. The number of nitrogens with one attached hydrogen (secondary N) is 1. The van der Waals surface area contributed by atoms with Crippen LogP contribution in [0.15, 0.2) is 43.0 Å². The molecule has 0 aliphatic carbocycles. The highest BCUT2D eigenvalue weighted by Crippen LogP contribution is 2.30. The van der Waals surface area contributed by atoms with Crippen LogP contribution in [-0.4, -0.2) is 9.97 Å². The van der Waals surface area contributed by atoms with Crippen LogP contribution < -0.4 is 5.32 Å². The van der Waals surface area contributed by atoms with Crippen LogP contribution in [0.1, 0.15) is 11.1 Å². The second-order valence-electron chi connectivity index (χ2n) is 3.68. The van der Waals surface area contributed by atoms with Crippen LogP contribution >= 0.6 is 0 Å². The lowest BCUT2D eigenvalue weighted by Crippen LogP contribution is -2.06. The van der Waals surface area contributed by atoms with E-state index in [1.54, 1.807) is 18.5 Å². The van der Waals surface area contributed by atoms with Crippen molar-refractivity contribution in [1.29, 1.82) is 0 Å². The predicted octanol–water partition coefficient (Wildman–Crippen LogP) is 3.11. The monoisotopic (exact) mass is 253 g/mol. The molecule has 0 bridgehead atoms. The zero-order valence-electron chi connectivity index (χ0n) is 9.28. The number of nitrogens with zero attached hydrogens (tertiary/aromatic N) is 2. The molecule has 0 spiro atoms. The lowest BCUT2D eigenvalue weighted by molar-refractivity contribution is -0.137. The van der Waals surface area contributed by atoms with Crippen LogP contribution in [0.2, 0.25) is 0 Å². The maximum Gasteiger partial charge on any atom is 0.416 e. The Balaban J connectivity index is 2.06. The van der Waals surface area contributed by atoms with E-state index < -0.39 is 11.7 Å². The van der Waals surface area contributed by atoms with Gasteiger partial charge in [-0.2, -0.15) is 13.2 Å². The van der Waals surface area contributed by atoms with Crippen molar-refractivity contribution in [1.82, 2.24) is 9.97 Å². The summed E-state index contributed by atoms with van der Waals surface area (Å²) in [5, 5.41) is 2.89. The molecular weight excluding hydrogens is 243 g/mol. The number of halogens is 3. The smallest absolute Gasteiger partial charge is 0.381 e. The number of rotatable bonds is 3. The van der Waals surface area contributed by atoms with Gasteiger partial charge in [0.2, 0.25) is 0 Å². The predicted molar refractivity (Wildman–Crippen MR) is 60.8 cm³/mol. The van der Waals surface area contributed by atoms with Gasteiger partial charge in [-0.3, -0.25) is 0 Å². The molecule has 0 saturated heterocycles. The van der Waals surface area contributed by atoms with Gasteiger partial charge in [0.25, 0.3) is 0 Å². The maximum atomic E-state index is 12.5. The number of anilines is 1. The van der Waals surface area contributed by atoms with Crippen LogP contribution in [0, 0.1) is 0 Å². The maximum absolute atomic E-state index is 12.5. The summed E-state index contributed by atoms with van der Waals surface area (Å²) in [6.07, 6.45) is 0.280. The molecule has 0 unspecified atom stereocenters. The lowest BCUT2D eigenvalue weighted by atomic mass is 10.2. The third-order valence-corrected chi connectivity index (χ3v) is 2.30. The fourth-order valence-electron chi connectivity index (χ4n) is 1.43. The number of hydrogen-bond acceptors (Lipinski definition) is 3. The number of hydrogen-bond donors (Lipinski definition) is 1. The summed E-state index contributed by atoms with van der Waals surface area (Å²) in [4.78, 5) is 7.65. The Morgan fingerprint density at radius 3 is 2.50 bits per heavy atom. The molecule has 0 fully saturated rings. The summed E-state index contributed by atoms with van der Waals surface area (Å²) < 4.78 is 37.4. The topological polar surface area (TPSA) is 37.8 Å². The van der Waals surface area contributed by atoms with Crippen LogP contribution in [0.3, 0.4) is 0 Å². The molecule has 1 aromatic heterocycles. The summed E-state index contributed by atoms with van der Waals surface area (Å²) >= 11 is 0. The summed E-state index contributed by atoms with van der Waals surface area (Å²) in [5.74, 6) is 0. The first-order valence-corrected chi connectivity index (χ1v) is 5.21. The highest BCUT2D eigenvalue weighted by atomic mass is 19.4. The normalized spacial score (nSPS) is 11.3. The minimum atomic E-state index is -4.33. The third kappa shape index (κ3) is 3.19. The van der Waals surface area contributed by atoms with E-state index in [0.29, 0.717) is 12.2 Å². The van der Waals surface area contributed by atoms with Crippen molar-refractivity contribution >= 4 is 5.69 Å². The van der Waals surface area contributed by atoms with Gasteiger partial charge in [0.05, 0.1) is 5.56 Å². The molecule has 0 amide bonds. The van der Waals surface area contributed by atoms with Gasteiger partial charge in [-0.05, 0) is 18.2 Å². The Bertz CT molecular complexity index is 511. The van der Waals surface area contributed by atoms with Crippen LogP contribution in [0.25, 0.3) is 0 Å². The summed E-state index contributed by atoms with van der Waals surface area (Å²) in [7, 11) is 0. The molecule has 0 saturated carbocycles. The molecule has 1 aromatic carbocycles. The first-order chi connectivity index (χ1) is 8.55. The van der Waals surface area contributed by atoms with E-state index in [2.05, 4.69) is 15.3 Å². The zero-order chi connectivity index (χ0) is 13.0. The van der Waals surface area contributed by atoms with Crippen molar-refractivity contribution in [3.63, 3.8) is 0 Å². The van der Waals surface area contributed by atoms with E-state index in [0.717, 1.165) is 17.7 Å². The summed E-state index contributed by atoms with van der Waals surface area (Å²) in [6.45, 7) is 0.377. The van der Waals surface area contributed by atoms with E-state index in [9.17, 15) is 13.2 Å². The van der Waals surface area contributed by atoms with E-state index in [-0.39, 0.29) is 0 Å². The molecule has 1 heterocycles. The number of aromatic nitrogens is 2. The largest absolute Gasteiger partial charge is 0.416 e. The molecule has 18 heavy (non-hydrogen) atoms. The van der Waals surface area contributed by atoms with Crippen molar-refractivity contribution < 1.29 is 13.2 Å². The van der Waals surface area contributed by atoms with Gasteiger partial charge >= 0.3 is 6.18 Å². The molecular formula is C12H10F3N3. The summed E-state index contributed by atoms with van der Waals surface area (Å²) in [5.41, 5.74) is 0.542. The molecule has 6 heteroatoms. The van der Waals surface area contributed by atoms with E-state index in [1.165, 1.54) is 12.4 Å². The van der Waals surface area contributed by atoms with Gasteiger partial charge in [-0.1, -0.05) is 6.07 Å². The van der Waals surface area contributed by atoms with E-state index >= 15 is 0 Å². The SMILES string of the molecule is FC(F)(F)c1cccc(NCc2cncnc2)c1. The van der Waals surface area contributed by atoms with Crippen molar-refractivity contribution in [2.24, 2.45) is 0 Å². The average Bonchev–Trinajstić information content (AvgIpc) is 2.37. The average molecular weight is 253 g/mol. The molecule has 0 radical (unpaired) electrons. The van der Waals surface area contributed by atoms with Crippen molar-refractivity contribution in [3.8, 4) is 0 Å². The molecule has 94 valence electrons. The van der Waals surface area contributed by atoms with Gasteiger partial charge < -0.3 is 5.32 Å². The molecule has 0 atom stereocenters. The van der Waals surface area contributed by atoms with Gasteiger partial charge in [0.15, 0.2) is 0 Å². The van der Waals surface area contributed by atoms with E-state index in [1.807, 2.05) is 0 Å². The molecule has 0 aliphatic heterocycles. The first kappa shape index (κ1) is 12.3. The lowest BCUT2D eigenvalue weighted by Gasteiger charge is -2.10. The second kappa shape index (κ2) is 5.03. The Morgan fingerprint density at radius 2 is 1.83 bits per heavy atom. The minimum absolute atomic E-state index is 0.377. The standard InChI is InChI=1S/C12H10F3N3/c13-12(14,15)10-2-1-3-11(4-10)18-7-9-5-16-8-17-6-9/h1-6,8,18H,7H2. The highest BCUT2D eigenvalue weighted by molar-refractivity contribution is 5.46. The minimum Gasteiger partial charge on any atom is -0.381 e. The Hall–Kier alpha value is -2.11. The number of benzene rings is 1. The molecule has 2 aromatic rings. The van der Waals surface area contributed by atoms with Gasteiger partial charge in [-0.15, -0.1) is 0 Å². The fraction of sp³-hybridized carbons (Fsp3) is 0.167. The zero-order valence-corrected chi connectivity index (χ0v) is 9.28. The van der Waals surface area contributed by atoms with Crippen molar-refractivity contribution in [2.45, 2.75) is 12.7 Å². The van der Waals surface area contributed by atoms with Crippen molar-refractivity contribution in [2.75, 3.05) is 5.32 Å². The molecule has 3 nitrogen and oxygen atoms in total. The molecule has 2 rings (SSSR count). The van der Waals surface area contributed by atoms with Crippen molar-refractivity contribution in [3.05, 3.63) is 54.1 Å². The second-order valence-corrected chi connectivity index (χ2v) is 3.68. The quantitative estimate of drug-likeness (QED) is 0.913. The summed E-state index contributed by atoms with van der Waals surface area (Å²) in [6, 6.07) is 5.06. The molecule has 1 N–H and O–H groups in total. The Kier molecular flexibility index (Phi) is 3.45. The fourth-order valence-corrected chi connectivity index (χ4v) is 1.43. The van der Waals surface area contributed by atoms with Crippen LogP contribution in [-0.2, 0) is 12.7 Å². The third-order valence-electron chi connectivity index (χ3n) is 2.30. The van der Waals surface area contributed by atoms with Gasteiger partial charge in [-0.25, -0.2) is 9.97 Å². The number of alkyl halides is 3. The van der Waals surface area contributed by atoms with Gasteiger partial charge in [0, 0.05) is 30.2 Å². The van der Waals surface area contributed by atoms with E-state index in [4.69, 9.17) is 0 Å². The van der Waals surface area contributed by atoms with Crippen LogP contribution in [0.4, 0.5) is 18.9 Å². The van der Waals surface area contributed by atoms with Crippen LogP contribution in [0.5, 0.6) is 0 Å². The Morgan fingerprint density at radius 1 is 1.11 bits per heavy atom. The Labute approximate surface area is 102 Å².